The van der Waals surface area contributed by atoms with Crippen LogP contribution in [0.2, 0.25) is 0 Å². The number of piperidine rings is 1. The molecule has 2 rings (SSSR count). The fourth-order valence-electron chi connectivity index (χ4n) is 2.49. The number of rotatable bonds is 4. The van der Waals surface area contributed by atoms with Gasteiger partial charge < -0.3 is 10.6 Å². The van der Waals surface area contributed by atoms with Crippen LogP contribution in [0.4, 0.5) is 11.4 Å². The minimum Gasteiger partial charge on any atom is -0.382 e. The van der Waals surface area contributed by atoms with Gasteiger partial charge in [0.25, 0.3) is 0 Å². The predicted molar refractivity (Wildman–Crippen MR) is 82.7 cm³/mol. The van der Waals surface area contributed by atoms with Crippen LogP contribution in [0.5, 0.6) is 0 Å². The number of nitrogens with zero attached hydrogens (tertiary/aromatic N) is 1. The number of hydrogen-bond donors (Lipinski definition) is 2. The zero-order chi connectivity index (χ0) is 14.4. The van der Waals surface area contributed by atoms with Crippen molar-refractivity contribution < 1.29 is 4.79 Å². The number of terminal acetylenes is 1. The van der Waals surface area contributed by atoms with Crippen molar-refractivity contribution in [2.75, 3.05) is 30.3 Å². The molecule has 0 aliphatic carbocycles. The molecule has 4 heteroatoms. The summed E-state index contributed by atoms with van der Waals surface area (Å²) in [6.07, 6.45) is 7.51. The average molecular weight is 271 g/mol. The van der Waals surface area contributed by atoms with Gasteiger partial charge in [-0.2, -0.15) is 0 Å². The van der Waals surface area contributed by atoms with Gasteiger partial charge in [0.05, 0.1) is 6.54 Å². The second-order valence-corrected chi connectivity index (χ2v) is 5.16. The summed E-state index contributed by atoms with van der Waals surface area (Å²) in [5, 5.41) is 6.32. The summed E-state index contributed by atoms with van der Waals surface area (Å²) >= 11 is 0. The molecule has 0 saturated carbocycles. The molecule has 1 aromatic carbocycles. The minimum atomic E-state index is -0.0512. The molecule has 1 amide bonds. The van der Waals surface area contributed by atoms with E-state index in [0.29, 0.717) is 6.04 Å². The molecular weight excluding hydrogens is 250 g/mol. The van der Waals surface area contributed by atoms with Gasteiger partial charge in [0.2, 0.25) is 5.91 Å². The van der Waals surface area contributed by atoms with Crippen molar-refractivity contribution in [1.82, 2.24) is 4.90 Å². The fraction of sp³-hybridized carbons (Fsp3) is 0.438. The summed E-state index contributed by atoms with van der Waals surface area (Å²) in [5.74, 6) is 2.64. The summed E-state index contributed by atoms with van der Waals surface area (Å²) in [7, 11) is 0. The Kier molecular flexibility index (Phi) is 5.03. The van der Waals surface area contributed by atoms with Crippen LogP contribution in [0.15, 0.2) is 24.3 Å². The molecule has 1 aliphatic rings. The lowest BCUT2D eigenvalue weighted by molar-refractivity contribution is -0.114. The molecular formula is C16H21N3O. The molecule has 0 spiro atoms. The Hall–Kier alpha value is -1.99. The second-order valence-electron chi connectivity index (χ2n) is 5.16. The molecule has 0 unspecified atom stereocenters. The minimum absolute atomic E-state index is 0.0512. The van der Waals surface area contributed by atoms with Gasteiger partial charge >= 0.3 is 0 Å². The van der Waals surface area contributed by atoms with Crippen molar-refractivity contribution in [3.05, 3.63) is 24.3 Å². The van der Waals surface area contributed by atoms with Crippen molar-refractivity contribution in [2.24, 2.45) is 0 Å². The highest BCUT2D eigenvalue weighted by atomic mass is 16.1. The highest BCUT2D eigenvalue weighted by Gasteiger charge is 2.18. The SMILES string of the molecule is C#CCN1CCC(Nc2cccc(NC(C)=O)c2)CC1. The third kappa shape index (κ3) is 4.29. The Morgan fingerprint density at radius 2 is 2.10 bits per heavy atom. The Balaban J connectivity index is 1.88. The quantitative estimate of drug-likeness (QED) is 0.825. The summed E-state index contributed by atoms with van der Waals surface area (Å²) in [6, 6.07) is 8.30. The number of hydrogen-bond acceptors (Lipinski definition) is 3. The monoisotopic (exact) mass is 271 g/mol. The number of carbonyl (C=O) groups is 1. The maximum atomic E-state index is 11.1. The van der Waals surface area contributed by atoms with Crippen LogP contribution in [-0.4, -0.2) is 36.5 Å². The second kappa shape index (κ2) is 6.97. The van der Waals surface area contributed by atoms with E-state index in [9.17, 15) is 4.79 Å². The summed E-state index contributed by atoms with van der Waals surface area (Å²) < 4.78 is 0. The molecule has 0 atom stereocenters. The Morgan fingerprint density at radius 1 is 1.40 bits per heavy atom. The molecule has 4 nitrogen and oxygen atoms in total. The van der Waals surface area contributed by atoms with Gasteiger partial charge in [0.1, 0.15) is 0 Å². The lowest BCUT2D eigenvalue weighted by Gasteiger charge is -2.31. The molecule has 20 heavy (non-hydrogen) atoms. The van der Waals surface area contributed by atoms with Gasteiger partial charge in [-0.3, -0.25) is 9.69 Å². The van der Waals surface area contributed by atoms with E-state index in [1.165, 1.54) is 6.92 Å². The highest BCUT2D eigenvalue weighted by Crippen LogP contribution is 2.19. The van der Waals surface area contributed by atoms with Gasteiger partial charge in [-0.05, 0) is 31.0 Å². The molecule has 1 saturated heterocycles. The third-order valence-electron chi connectivity index (χ3n) is 3.46. The van der Waals surface area contributed by atoms with Gasteiger partial charge in [0.15, 0.2) is 0 Å². The van der Waals surface area contributed by atoms with E-state index in [2.05, 4.69) is 21.5 Å². The maximum Gasteiger partial charge on any atom is 0.221 e. The summed E-state index contributed by atoms with van der Waals surface area (Å²) in [6.45, 7) is 4.33. The van der Waals surface area contributed by atoms with Gasteiger partial charge in [-0.25, -0.2) is 0 Å². The van der Waals surface area contributed by atoms with E-state index < -0.39 is 0 Å². The molecule has 1 aromatic rings. The molecule has 0 bridgehead atoms. The van der Waals surface area contributed by atoms with E-state index in [0.717, 1.165) is 43.9 Å². The van der Waals surface area contributed by atoms with Crippen molar-refractivity contribution in [2.45, 2.75) is 25.8 Å². The topological polar surface area (TPSA) is 44.4 Å². The van der Waals surface area contributed by atoms with Gasteiger partial charge in [-0.15, -0.1) is 6.42 Å². The van der Waals surface area contributed by atoms with Crippen LogP contribution in [-0.2, 0) is 4.79 Å². The van der Waals surface area contributed by atoms with Crippen LogP contribution in [0.25, 0.3) is 0 Å². The lowest BCUT2D eigenvalue weighted by Crippen LogP contribution is -2.39. The third-order valence-corrected chi connectivity index (χ3v) is 3.46. The normalized spacial score (nSPS) is 16.4. The maximum absolute atomic E-state index is 11.1. The number of benzene rings is 1. The Labute approximate surface area is 120 Å². The van der Waals surface area contributed by atoms with E-state index >= 15 is 0 Å². The Bertz CT molecular complexity index is 499. The summed E-state index contributed by atoms with van der Waals surface area (Å²) in [4.78, 5) is 13.4. The van der Waals surface area contributed by atoms with Crippen LogP contribution in [0.1, 0.15) is 19.8 Å². The van der Waals surface area contributed by atoms with E-state index in [1.54, 1.807) is 0 Å². The first kappa shape index (κ1) is 14.4. The zero-order valence-electron chi connectivity index (χ0n) is 11.9. The largest absolute Gasteiger partial charge is 0.382 e. The van der Waals surface area contributed by atoms with E-state index in [4.69, 9.17) is 6.42 Å². The molecule has 0 aromatic heterocycles. The first-order valence-corrected chi connectivity index (χ1v) is 6.97. The van der Waals surface area contributed by atoms with E-state index in [-0.39, 0.29) is 5.91 Å². The average Bonchev–Trinajstić information content (AvgIpc) is 2.41. The predicted octanol–water partition coefficient (Wildman–Crippen LogP) is 2.15. The summed E-state index contributed by atoms with van der Waals surface area (Å²) in [5.41, 5.74) is 1.87. The number of nitrogens with one attached hydrogen (secondary N) is 2. The molecule has 1 fully saturated rings. The van der Waals surface area contributed by atoms with Crippen molar-refractivity contribution in [3.8, 4) is 12.3 Å². The van der Waals surface area contributed by atoms with Crippen LogP contribution >= 0.6 is 0 Å². The van der Waals surface area contributed by atoms with Crippen LogP contribution < -0.4 is 10.6 Å². The molecule has 2 N–H and O–H groups in total. The van der Waals surface area contributed by atoms with E-state index in [1.807, 2.05) is 24.3 Å². The number of likely N-dealkylation sites (tertiary alicyclic amines) is 1. The molecule has 1 aliphatic heterocycles. The number of carbonyl (C=O) groups excluding carboxylic acids is 1. The smallest absolute Gasteiger partial charge is 0.221 e. The Morgan fingerprint density at radius 3 is 2.75 bits per heavy atom. The number of anilines is 2. The number of amides is 1. The van der Waals surface area contributed by atoms with Crippen LogP contribution in [0.3, 0.4) is 0 Å². The fourth-order valence-corrected chi connectivity index (χ4v) is 2.49. The van der Waals surface area contributed by atoms with Crippen molar-refractivity contribution in [1.29, 1.82) is 0 Å². The first-order valence-electron chi connectivity index (χ1n) is 6.97. The van der Waals surface area contributed by atoms with Crippen molar-refractivity contribution in [3.63, 3.8) is 0 Å². The standard InChI is InChI=1S/C16H21N3O/c1-3-9-19-10-7-14(8-11-19)18-16-6-4-5-15(12-16)17-13(2)20/h1,4-6,12,14,18H,7-11H2,2H3,(H,17,20). The zero-order valence-corrected chi connectivity index (χ0v) is 11.9. The first-order chi connectivity index (χ1) is 9.67. The van der Waals surface area contributed by atoms with Gasteiger partial charge in [0, 0.05) is 37.4 Å². The lowest BCUT2D eigenvalue weighted by atomic mass is 10.0. The molecule has 1 heterocycles. The van der Waals surface area contributed by atoms with Crippen LogP contribution in [0, 0.1) is 12.3 Å². The van der Waals surface area contributed by atoms with Crippen molar-refractivity contribution >= 4 is 17.3 Å². The molecule has 106 valence electrons. The highest BCUT2D eigenvalue weighted by molar-refractivity contribution is 5.89. The molecule has 0 radical (unpaired) electrons. The van der Waals surface area contributed by atoms with Gasteiger partial charge in [-0.1, -0.05) is 12.0 Å².